The van der Waals surface area contributed by atoms with Crippen molar-refractivity contribution < 1.29 is 5.11 Å². The molecule has 0 saturated heterocycles. The first-order valence-corrected chi connectivity index (χ1v) is 7.86. The second-order valence-corrected chi connectivity index (χ2v) is 5.97. The van der Waals surface area contributed by atoms with Gasteiger partial charge in [-0.25, -0.2) is 0 Å². The lowest BCUT2D eigenvalue weighted by Crippen LogP contribution is -1.91. The summed E-state index contributed by atoms with van der Waals surface area (Å²) in [6.07, 6.45) is 0.836. The Morgan fingerprint density at radius 1 is 0.850 bits per heavy atom. The Morgan fingerprint density at radius 3 is 2.30 bits per heavy atom. The lowest BCUT2D eigenvalue weighted by atomic mass is 9.92. The number of alkyl halides is 1. The second-order valence-electron chi connectivity index (χ2n) is 5.18. The van der Waals surface area contributed by atoms with Crippen LogP contribution >= 0.6 is 15.9 Å². The van der Waals surface area contributed by atoms with Crippen molar-refractivity contribution in [3.05, 3.63) is 54.1 Å². The highest BCUT2D eigenvalue weighted by Gasteiger charge is 2.13. The molecule has 0 saturated carbocycles. The van der Waals surface area contributed by atoms with Gasteiger partial charge in [-0.05, 0) is 45.7 Å². The van der Waals surface area contributed by atoms with E-state index in [2.05, 4.69) is 58.4 Å². The molecule has 0 aliphatic rings. The molecule has 0 fully saturated rings. The first kappa shape index (κ1) is 12.0. The molecule has 1 nitrogen and oxygen atoms in total. The molecule has 0 spiro atoms. The number of hydrogen-bond acceptors (Lipinski definition) is 1. The van der Waals surface area contributed by atoms with Crippen LogP contribution in [0.1, 0.15) is 5.56 Å². The monoisotopic (exact) mass is 324 g/mol. The normalized spacial score (nSPS) is 11.8. The van der Waals surface area contributed by atoms with Crippen molar-refractivity contribution in [1.82, 2.24) is 0 Å². The Balaban J connectivity index is 2.26. The van der Waals surface area contributed by atoms with Crippen molar-refractivity contribution in [2.75, 3.05) is 5.33 Å². The number of aryl methyl sites for hydroxylation is 1. The summed E-state index contributed by atoms with van der Waals surface area (Å²) in [7, 11) is 0. The summed E-state index contributed by atoms with van der Waals surface area (Å²) in [6.45, 7) is 0. The van der Waals surface area contributed by atoms with Crippen LogP contribution in [-0.2, 0) is 6.42 Å². The summed E-state index contributed by atoms with van der Waals surface area (Å²) in [6, 6.07) is 16.9. The molecule has 2 heteroatoms. The third kappa shape index (κ3) is 1.55. The van der Waals surface area contributed by atoms with Gasteiger partial charge in [-0.2, -0.15) is 0 Å². The first-order chi connectivity index (χ1) is 9.79. The van der Waals surface area contributed by atoms with Crippen LogP contribution in [0, 0.1) is 0 Å². The molecule has 0 aliphatic carbocycles. The lowest BCUT2D eigenvalue weighted by molar-refractivity contribution is 0.476. The molecule has 1 N–H and O–H groups in total. The molecule has 0 amide bonds. The molecule has 4 rings (SSSR count). The molecular weight excluding hydrogens is 312 g/mol. The van der Waals surface area contributed by atoms with Crippen LogP contribution in [0.4, 0.5) is 0 Å². The minimum absolute atomic E-state index is 0.426. The molecule has 0 unspecified atom stereocenters. The molecule has 4 aromatic carbocycles. The van der Waals surface area contributed by atoms with Crippen molar-refractivity contribution in [3.8, 4) is 5.75 Å². The Kier molecular flexibility index (Phi) is 2.61. The molecule has 0 heterocycles. The summed E-state index contributed by atoms with van der Waals surface area (Å²) in [5, 5.41) is 18.4. The van der Waals surface area contributed by atoms with Crippen LogP contribution in [0.2, 0.25) is 0 Å². The molecule has 0 bridgehead atoms. The van der Waals surface area contributed by atoms with Gasteiger partial charge in [0.2, 0.25) is 0 Å². The Hall–Kier alpha value is -1.80. The molecule has 0 radical (unpaired) electrons. The quantitative estimate of drug-likeness (QED) is 0.395. The predicted octanol–water partition coefficient (Wildman–Crippen LogP) is 5.23. The summed E-state index contributed by atoms with van der Waals surface area (Å²) in [5.74, 6) is 0.426. The van der Waals surface area contributed by atoms with Crippen molar-refractivity contribution in [3.63, 3.8) is 0 Å². The molecule has 98 valence electrons. The fourth-order valence-corrected chi connectivity index (χ4v) is 3.58. The maximum atomic E-state index is 10.5. The molecular formula is C18H13BrO. The maximum Gasteiger partial charge on any atom is 0.126 e. The van der Waals surface area contributed by atoms with E-state index >= 15 is 0 Å². The molecule has 0 atom stereocenters. The van der Waals surface area contributed by atoms with Gasteiger partial charge in [0.25, 0.3) is 0 Å². The van der Waals surface area contributed by atoms with Gasteiger partial charge in [-0.15, -0.1) is 0 Å². The Bertz CT molecular complexity index is 911. The van der Waals surface area contributed by atoms with Crippen molar-refractivity contribution in [1.29, 1.82) is 0 Å². The molecule has 0 aromatic heterocycles. The third-order valence-corrected chi connectivity index (χ3v) is 4.46. The fraction of sp³-hybridized carbons (Fsp3) is 0.111. The highest BCUT2D eigenvalue weighted by molar-refractivity contribution is 9.09. The van der Waals surface area contributed by atoms with Gasteiger partial charge >= 0.3 is 0 Å². The van der Waals surface area contributed by atoms with Gasteiger partial charge in [-0.1, -0.05) is 52.3 Å². The van der Waals surface area contributed by atoms with E-state index in [0.29, 0.717) is 5.75 Å². The van der Waals surface area contributed by atoms with Crippen LogP contribution in [0.15, 0.2) is 48.5 Å². The van der Waals surface area contributed by atoms with Crippen molar-refractivity contribution in [2.24, 2.45) is 0 Å². The number of phenols is 1. The number of rotatable bonds is 2. The van der Waals surface area contributed by atoms with Gasteiger partial charge in [0.15, 0.2) is 0 Å². The average Bonchev–Trinajstić information content (AvgIpc) is 2.48. The van der Waals surface area contributed by atoms with E-state index in [1.54, 1.807) is 0 Å². The van der Waals surface area contributed by atoms with E-state index in [1.807, 2.05) is 6.07 Å². The van der Waals surface area contributed by atoms with E-state index in [9.17, 15) is 5.11 Å². The first-order valence-electron chi connectivity index (χ1n) is 6.74. The van der Waals surface area contributed by atoms with Gasteiger partial charge in [0.1, 0.15) is 5.75 Å². The predicted molar refractivity (Wildman–Crippen MR) is 89.3 cm³/mol. The van der Waals surface area contributed by atoms with Gasteiger partial charge < -0.3 is 5.11 Å². The van der Waals surface area contributed by atoms with E-state index < -0.39 is 0 Å². The zero-order valence-electron chi connectivity index (χ0n) is 10.9. The molecule has 4 aromatic rings. The summed E-state index contributed by atoms with van der Waals surface area (Å²) in [4.78, 5) is 0. The third-order valence-electron chi connectivity index (χ3n) is 4.06. The van der Waals surface area contributed by atoms with Crippen LogP contribution in [0.25, 0.3) is 32.3 Å². The molecule has 0 aliphatic heterocycles. The average molecular weight is 325 g/mol. The van der Waals surface area contributed by atoms with Gasteiger partial charge in [0, 0.05) is 16.1 Å². The topological polar surface area (TPSA) is 20.2 Å². The zero-order chi connectivity index (χ0) is 13.7. The summed E-state index contributed by atoms with van der Waals surface area (Å²) in [5.41, 5.74) is 1.01. The van der Waals surface area contributed by atoms with Crippen molar-refractivity contribution >= 4 is 48.2 Å². The number of hydrogen-bond donors (Lipinski definition) is 1. The van der Waals surface area contributed by atoms with E-state index in [-0.39, 0.29) is 0 Å². The van der Waals surface area contributed by atoms with E-state index in [0.717, 1.165) is 22.7 Å². The van der Waals surface area contributed by atoms with Gasteiger partial charge in [0.05, 0.1) is 0 Å². The summed E-state index contributed by atoms with van der Waals surface area (Å²) >= 11 is 3.45. The highest BCUT2D eigenvalue weighted by Crippen LogP contribution is 2.40. The van der Waals surface area contributed by atoms with Crippen LogP contribution in [-0.4, -0.2) is 10.4 Å². The largest absolute Gasteiger partial charge is 0.507 e. The second kappa shape index (κ2) is 4.35. The Morgan fingerprint density at radius 2 is 1.55 bits per heavy atom. The van der Waals surface area contributed by atoms with Crippen LogP contribution in [0.3, 0.4) is 0 Å². The zero-order valence-corrected chi connectivity index (χ0v) is 12.4. The SMILES string of the molecule is Oc1c(CCBr)cc2ccc3cccc4ccc1c2c34. The maximum absolute atomic E-state index is 10.5. The van der Waals surface area contributed by atoms with Crippen LogP contribution in [0.5, 0.6) is 5.75 Å². The number of aromatic hydroxyl groups is 1. The fourth-order valence-electron chi connectivity index (χ4n) is 3.15. The summed E-state index contributed by atoms with van der Waals surface area (Å²) < 4.78 is 0. The highest BCUT2D eigenvalue weighted by atomic mass is 79.9. The van der Waals surface area contributed by atoms with Crippen molar-refractivity contribution in [2.45, 2.75) is 6.42 Å². The number of benzene rings is 4. The minimum Gasteiger partial charge on any atom is -0.507 e. The number of halogens is 1. The van der Waals surface area contributed by atoms with Crippen LogP contribution < -0.4 is 0 Å². The van der Waals surface area contributed by atoms with E-state index in [1.165, 1.54) is 26.9 Å². The standard InChI is InChI=1S/C18H13BrO/c19-9-8-14-10-13-5-4-11-2-1-3-12-6-7-15(18(14)20)17(13)16(11)12/h1-7,10,20H,8-9H2. The van der Waals surface area contributed by atoms with E-state index in [4.69, 9.17) is 0 Å². The molecule has 20 heavy (non-hydrogen) atoms. The lowest BCUT2D eigenvalue weighted by Gasteiger charge is -2.14. The number of phenolic OH excluding ortho intramolecular Hbond substituents is 1. The smallest absolute Gasteiger partial charge is 0.126 e. The minimum atomic E-state index is 0.426. The Labute approximate surface area is 125 Å². The van der Waals surface area contributed by atoms with Gasteiger partial charge in [-0.3, -0.25) is 0 Å².